The molecule has 94 valence electrons. The van der Waals surface area contributed by atoms with Crippen molar-refractivity contribution in [2.75, 3.05) is 5.73 Å². The maximum atomic E-state index is 13.5. The van der Waals surface area contributed by atoms with Crippen LogP contribution in [0.4, 0.5) is 14.5 Å². The van der Waals surface area contributed by atoms with Gasteiger partial charge in [0.1, 0.15) is 0 Å². The number of aryl methyl sites for hydroxylation is 1. The summed E-state index contributed by atoms with van der Waals surface area (Å²) in [6.45, 7) is 1.96. The Balaban J connectivity index is 2.16. The van der Waals surface area contributed by atoms with Crippen LogP contribution in [0.15, 0.2) is 41.3 Å². The number of hydrogen-bond donors (Lipinski definition) is 1. The summed E-state index contributed by atoms with van der Waals surface area (Å²) in [7, 11) is 0. The first-order valence-electron chi connectivity index (χ1n) is 5.50. The summed E-state index contributed by atoms with van der Waals surface area (Å²) < 4.78 is 26.5. The molecule has 2 aromatic carbocycles. The number of benzene rings is 2. The van der Waals surface area contributed by atoms with Crippen LogP contribution < -0.4 is 5.73 Å². The predicted molar refractivity (Wildman–Crippen MR) is 71.5 cm³/mol. The molecule has 2 N–H and O–H groups in total. The lowest BCUT2D eigenvalue weighted by Gasteiger charge is -2.07. The number of thioether (sulfide) groups is 1. The van der Waals surface area contributed by atoms with Gasteiger partial charge in [-0.1, -0.05) is 18.2 Å². The summed E-state index contributed by atoms with van der Waals surface area (Å²) in [5, 5.41) is 0. The summed E-state index contributed by atoms with van der Waals surface area (Å²) in [6.07, 6.45) is 0. The third-order valence-corrected chi connectivity index (χ3v) is 3.70. The molecule has 0 heterocycles. The van der Waals surface area contributed by atoms with Crippen molar-refractivity contribution in [3.05, 3.63) is 59.2 Å². The molecule has 4 heteroatoms. The number of nitrogen functional groups attached to an aromatic ring is 1. The van der Waals surface area contributed by atoms with Gasteiger partial charge in [0.15, 0.2) is 11.6 Å². The lowest BCUT2D eigenvalue weighted by Crippen LogP contribution is -1.93. The molecule has 0 aliphatic rings. The van der Waals surface area contributed by atoms with E-state index in [0.717, 1.165) is 16.5 Å². The third-order valence-electron chi connectivity index (χ3n) is 2.58. The fourth-order valence-corrected chi connectivity index (χ4v) is 2.62. The first-order chi connectivity index (χ1) is 8.58. The van der Waals surface area contributed by atoms with Crippen LogP contribution in [0.5, 0.6) is 0 Å². The molecule has 0 aliphatic carbocycles. The average molecular weight is 265 g/mol. The SMILES string of the molecule is Cc1ccc(N)c(SCc2cccc(F)c2F)c1. The number of anilines is 1. The number of nitrogens with two attached hydrogens (primary N) is 1. The second-order valence-electron chi connectivity index (χ2n) is 4.04. The van der Waals surface area contributed by atoms with Crippen molar-refractivity contribution in [1.29, 1.82) is 0 Å². The Labute approximate surface area is 109 Å². The molecular weight excluding hydrogens is 252 g/mol. The topological polar surface area (TPSA) is 26.0 Å². The maximum absolute atomic E-state index is 13.5. The zero-order valence-electron chi connectivity index (χ0n) is 9.91. The highest BCUT2D eigenvalue weighted by molar-refractivity contribution is 7.98. The summed E-state index contributed by atoms with van der Waals surface area (Å²) in [5.41, 5.74) is 7.93. The van der Waals surface area contributed by atoms with Crippen molar-refractivity contribution in [2.45, 2.75) is 17.6 Å². The van der Waals surface area contributed by atoms with Gasteiger partial charge >= 0.3 is 0 Å². The second-order valence-corrected chi connectivity index (χ2v) is 5.06. The van der Waals surface area contributed by atoms with Crippen molar-refractivity contribution < 1.29 is 8.78 Å². The van der Waals surface area contributed by atoms with E-state index in [-0.39, 0.29) is 0 Å². The molecule has 18 heavy (non-hydrogen) atoms. The van der Waals surface area contributed by atoms with Crippen LogP contribution in [0.25, 0.3) is 0 Å². The molecule has 0 saturated carbocycles. The minimum Gasteiger partial charge on any atom is -0.398 e. The van der Waals surface area contributed by atoms with Crippen LogP contribution in [0.3, 0.4) is 0 Å². The molecule has 0 unspecified atom stereocenters. The molecule has 0 atom stereocenters. The van der Waals surface area contributed by atoms with Gasteiger partial charge in [0.2, 0.25) is 0 Å². The van der Waals surface area contributed by atoms with E-state index < -0.39 is 11.6 Å². The molecule has 2 aromatic rings. The molecule has 0 saturated heterocycles. The van der Waals surface area contributed by atoms with Gasteiger partial charge in [-0.15, -0.1) is 11.8 Å². The first kappa shape index (κ1) is 12.9. The lowest BCUT2D eigenvalue weighted by molar-refractivity contribution is 0.502. The Bertz CT molecular complexity index is 568. The molecule has 0 bridgehead atoms. The van der Waals surface area contributed by atoms with E-state index in [4.69, 9.17) is 5.73 Å². The number of halogens is 2. The van der Waals surface area contributed by atoms with Crippen LogP contribution in [-0.4, -0.2) is 0 Å². The highest BCUT2D eigenvalue weighted by Crippen LogP contribution is 2.30. The molecular formula is C14H13F2NS. The molecule has 2 rings (SSSR count). The Kier molecular flexibility index (Phi) is 3.87. The molecule has 0 aromatic heterocycles. The standard InChI is InChI=1S/C14H13F2NS/c1-9-5-6-12(17)13(7-9)18-8-10-3-2-4-11(15)14(10)16/h2-7H,8,17H2,1H3. The highest BCUT2D eigenvalue weighted by Gasteiger charge is 2.08. The Morgan fingerprint density at radius 3 is 2.72 bits per heavy atom. The van der Waals surface area contributed by atoms with Crippen molar-refractivity contribution in [1.82, 2.24) is 0 Å². The van der Waals surface area contributed by atoms with Gasteiger partial charge in [0.25, 0.3) is 0 Å². The van der Waals surface area contributed by atoms with Gasteiger partial charge in [0.05, 0.1) is 0 Å². The van der Waals surface area contributed by atoms with Crippen LogP contribution in [0.2, 0.25) is 0 Å². The van der Waals surface area contributed by atoms with Crippen LogP contribution in [0.1, 0.15) is 11.1 Å². The van der Waals surface area contributed by atoms with Gasteiger partial charge in [-0.25, -0.2) is 8.78 Å². The Hall–Kier alpha value is -1.55. The van der Waals surface area contributed by atoms with E-state index in [2.05, 4.69) is 0 Å². The largest absolute Gasteiger partial charge is 0.398 e. The quantitative estimate of drug-likeness (QED) is 0.666. The van der Waals surface area contributed by atoms with Crippen molar-refractivity contribution in [3.63, 3.8) is 0 Å². The normalized spacial score (nSPS) is 10.6. The van der Waals surface area contributed by atoms with Crippen molar-refractivity contribution in [2.24, 2.45) is 0 Å². The van der Waals surface area contributed by atoms with Gasteiger partial charge < -0.3 is 5.73 Å². The van der Waals surface area contributed by atoms with Crippen LogP contribution in [0, 0.1) is 18.6 Å². The van der Waals surface area contributed by atoms with Crippen molar-refractivity contribution >= 4 is 17.4 Å². The molecule has 0 amide bonds. The first-order valence-corrected chi connectivity index (χ1v) is 6.48. The molecule has 0 aliphatic heterocycles. The van der Waals surface area contributed by atoms with Crippen molar-refractivity contribution in [3.8, 4) is 0 Å². The zero-order valence-corrected chi connectivity index (χ0v) is 10.7. The molecule has 0 fully saturated rings. The molecule has 0 radical (unpaired) electrons. The summed E-state index contributed by atoms with van der Waals surface area (Å²) in [6, 6.07) is 9.88. The van der Waals surface area contributed by atoms with E-state index in [0.29, 0.717) is 17.0 Å². The van der Waals surface area contributed by atoms with Crippen LogP contribution >= 0.6 is 11.8 Å². The van der Waals surface area contributed by atoms with Crippen LogP contribution in [-0.2, 0) is 5.75 Å². The minimum atomic E-state index is -0.815. The van der Waals surface area contributed by atoms with E-state index >= 15 is 0 Å². The van der Waals surface area contributed by atoms with E-state index in [1.807, 2.05) is 25.1 Å². The third kappa shape index (κ3) is 2.82. The molecule has 0 spiro atoms. The summed E-state index contributed by atoms with van der Waals surface area (Å²) in [5.74, 6) is -1.24. The molecule has 1 nitrogen and oxygen atoms in total. The fraction of sp³-hybridized carbons (Fsp3) is 0.143. The highest BCUT2D eigenvalue weighted by atomic mass is 32.2. The monoisotopic (exact) mass is 265 g/mol. The smallest absolute Gasteiger partial charge is 0.162 e. The number of rotatable bonds is 3. The zero-order chi connectivity index (χ0) is 13.1. The Morgan fingerprint density at radius 2 is 1.94 bits per heavy atom. The lowest BCUT2D eigenvalue weighted by atomic mass is 10.2. The van der Waals surface area contributed by atoms with Gasteiger partial charge in [-0.3, -0.25) is 0 Å². The van der Waals surface area contributed by atoms with E-state index in [1.54, 1.807) is 6.07 Å². The minimum absolute atomic E-state index is 0.348. The maximum Gasteiger partial charge on any atom is 0.162 e. The van der Waals surface area contributed by atoms with Gasteiger partial charge in [-0.05, 0) is 30.7 Å². The fourth-order valence-electron chi connectivity index (χ4n) is 1.58. The summed E-state index contributed by atoms with van der Waals surface area (Å²) >= 11 is 1.41. The Morgan fingerprint density at radius 1 is 1.17 bits per heavy atom. The van der Waals surface area contributed by atoms with Gasteiger partial charge in [-0.2, -0.15) is 0 Å². The van der Waals surface area contributed by atoms with Gasteiger partial charge in [0, 0.05) is 21.9 Å². The summed E-state index contributed by atoms with van der Waals surface area (Å²) in [4.78, 5) is 0.888. The second kappa shape index (κ2) is 5.40. The predicted octanol–water partition coefficient (Wildman–Crippen LogP) is 4.15. The number of hydrogen-bond acceptors (Lipinski definition) is 2. The van der Waals surface area contributed by atoms with E-state index in [9.17, 15) is 8.78 Å². The average Bonchev–Trinajstić information content (AvgIpc) is 2.35. The van der Waals surface area contributed by atoms with E-state index in [1.165, 1.54) is 17.8 Å².